The fourth-order valence-electron chi connectivity index (χ4n) is 2.76. The Kier molecular flexibility index (Phi) is 4.50. The molecule has 0 unspecified atom stereocenters. The molecule has 1 saturated carbocycles. The van der Waals surface area contributed by atoms with Crippen LogP contribution in [0.1, 0.15) is 19.3 Å². The number of benzene rings is 2. The standard InChI is InChI=1S/C18H18ClN3O3S/c19-14-4-6-17(25-8-7-12-1-2-12)18(9-14)26(23,24)22-15-5-3-13-11-20-21-16(13)10-15/h3-6,9-12,22H,1-2,7-8H2,(H,20,21). The number of sulfonamides is 1. The molecule has 0 spiro atoms. The van der Waals surface area contributed by atoms with Crippen LogP contribution >= 0.6 is 11.6 Å². The summed E-state index contributed by atoms with van der Waals surface area (Å²) in [6.07, 6.45) is 5.07. The van der Waals surface area contributed by atoms with Crippen LogP contribution in [0.25, 0.3) is 10.9 Å². The molecule has 0 bridgehead atoms. The van der Waals surface area contributed by atoms with Gasteiger partial charge in [-0.2, -0.15) is 5.10 Å². The lowest BCUT2D eigenvalue weighted by molar-refractivity contribution is 0.295. The van der Waals surface area contributed by atoms with Gasteiger partial charge in [0.05, 0.1) is 24.0 Å². The average Bonchev–Trinajstić information content (AvgIpc) is 3.31. The van der Waals surface area contributed by atoms with Crippen molar-refractivity contribution in [2.45, 2.75) is 24.2 Å². The lowest BCUT2D eigenvalue weighted by atomic mass is 10.2. The summed E-state index contributed by atoms with van der Waals surface area (Å²) in [5.41, 5.74) is 1.18. The lowest BCUT2D eigenvalue weighted by Crippen LogP contribution is -2.15. The third-order valence-electron chi connectivity index (χ3n) is 4.37. The maximum atomic E-state index is 12.9. The molecule has 2 aromatic carbocycles. The van der Waals surface area contributed by atoms with Crippen molar-refractivity contribution in [3.63, 3.8) is 0 Å². The number of hydrogen-bond acceptors (Lipinski definition) is 4. The minimum atomic E-state index is -3.85. The van der Waals surface area contributed by atoms with Gasteiger partial charge in [-0.05, 0) is 48.7 Å². The number of hydrogen-bond donors (Lipinski definition) is 2. The molecular formula is C18H18ClN3O3S. The molecule has 8 heteroatoms. The van der Waals surface area contributed by atoms with E-state index in [0.29, 0.717) is 29.0 Å². The van der Waals surface area contributed by atoms with Crippen molar-refractivity contribution < 1.29 is 13.2 Å². The molecule has 136 valence electrons. The van der Waals surface area contributed by atoms with E-state index in [-0.39, 0.29) is 4.90 Å². The van der Waals surface area contributed by atoms with Crippen LogP contribution in [0.15, 0.2) is 47.5 Å². The Morgan fingerprint density at radius 1 is 1.23 bits per heavy atom. The van der Waals surface area contributed by atoms with E-state index in [2.05, 4.69) is 14.9 Å². The molecule has 1 fully saturated rings. The highest BCUT2D eigenvalue weighted by atomic mass is 35.5. The highest BCUT2D eigenvalue weighted by Gasteiger charge is 2.23. The van der Waals surface area contributed by atoms with Gasteiger partial charge in [0.15, 0.2) is 0 Å². The molecule has 0 atom stereocenters. The van der Waals surface area contributed by atoms with Crippen molar-refractivity contribution in [2.75, 3.05) is 11.3 Å². The molecule has 1 aromatic heterocycles. The van der Waals surface area contributed by atoms with Gasteiger partial charge in [0, 0.05) is 10.4 Å². The highest BCUT2D eigenvalue weighted by molar-refractivity contribution is 7.92. The zero-order valence-corrected chi connectivity index (χ0v) is 15.5. The Hall–Kier alpha value is -2.25. The SMILES string of the molecule is O=S(=O)(Nc1ccc2cn[nH]c2c1)c1cc(Cl)ccc1OCCC1CC1. The number of H-pyrrole nitrogens is 1. The number of nitrogens with one attached hydrogen (secondary N) is 2. The van der Waals surface area contributed by atoms with E-state index in [1.165, 1.54) is 18.9 Å². The molecule has 6 nitrogen and oxygen atoms in total. The van der Waals surface area contributed by atoms with Gasteiger partial charge in [-0.3, -0.25) is 9.82 Å². The molecule has 4 rings (SSSR count). The maximum Gasteiger partial charge on any atom is 0.265 e. The van der Waals surface area contributed by atoms with Crippen LogP contribution in [0, 0.1) is 5.92 Å². The number of fused-ring (bicyclic) bond motifs is 1. The third-order valence-corrected chi connectivity index (χ3v) is 6.01. The van der Waals surface area contributed by atoms with Crippen LogP contribution < -0.4 is 9.46 Å². The first-order valence-electron chi connectivity index (χ1n) is 8.39. The Balaban J connectivity index is 1.59. The van der Waals surface area contributed by atoms with Gasteiger partial charge in [-0.15, -0.1) is 0 Å². The minimum absolute atomic E-state index is 0.0329. The summed E-state index contributed by atoms with van der Waals surface area (Å²) in [6, 6.07) is 9.81. The zero-order chi connectivity index (χ0) is 18.1. The molecule has 26 heavy (non-hydrogen) atoms. The summed E-state index contributed by atoms with van der Waals surface area (Å²) in [4.78, 5) is 0.0329. The van der Waals surface area contributed by atoms with E-state index < -0.39 is 10.0 Å². The monoisotopic (exact) mass is 391 g/mol. The number of ether oxygens (including phenoxy) is 1. The van der Waals surface area contributed by atoms with Gasteiger partial charge in [0.1, 0.15) is 10.6 Å². The normalized spacial score (nSPS) is 14.5. The molecule has 3 aromatic rings. The van der Waals surface area contributed by atoms with Crippen molar-refractivity contribution in [1.82, 2.24) is 10.2 Å². The van der Waals surface area contributed by atoms with Crippen molar-refractivity contribution in [3.8, 4) is 5.75 Å². The van der Waals surface area contributed by atoms with Gasteiger partial charge in [0.2, 0.25) is 0 Å². The Morgan fingerprint density at radius 2 is 2.08 bits per heavy atom. The van der Waals surface area contributed by atoms with Crippen molar-refractivity contribution in [2.24, 2.45) is 5.92 Å². The first-order valence-corrected chi connectivity index (χ1v) is 10.3. The molecule has 0 radical (unpaired) electrons. The van der Waals surface area contributed by atoms with Crippen LogP contribution in [-0.2, 0) is 10.0 Å². The van der Waals surface area contributed by atoms with Gasteiger partial charge in [0.25, 0.3) is 10.0 Å². The molecule has 0 aliphatic heterocycles. The van der Waals surface area contributed by atoms with E-state index in [9.17, 15) is 8.42 Å². The van der Waals surface area contributed by atoms with Crippen molar-refractivity contribution in [1.29, 1.82) is 0 Å². The second-order valence-electron chi connectivity index (χ2n) is 6.45. The third kappa shape index (κ3) is 3.78. The quantitative estimate of drug-likeness (QED) is 0.632. The summed E-state index contributed by atoms with van der Waals surface area (Å²) < 4.78 is 34.1. The molecule has 1 aliphatic carbocycles. The van der Waals surface area contributed by atoms with Gasteiger partial charge in [-0.25, -0.2) is 8.42 Å². The number of anilines is 1. The fourth-order valence-corrected chi connectivity index (χ4v) is 4.22. The van der Waals surface area contributed by atoms with Gasteiger partial charge >= 0.3 is 0 Å². The van der Waals surface area contributed by atoms with Crippen molar-refractivity contribution in [3.05, 3.63) is 47.6 Å². The second-order valence-corrected chi connectivity index (χ2v) is 8.54. The van der Waals surface area contributed by atoms with E-state index >= 15 is 0 Å². The van der Waals surface area contributed by atoms with E-state index in [1.54, 1.807) is 36.5 Å². The second kappa shape index (κ2) is 6.81. The van der Waals surface area contributed by atoms with Crippen molar-refractivity contribution >= 4 is 38.2 Å². The Morgan fingerprint density at radius 3 is 2.88 bits per heavy atom. The first-order chi connectivity index (χ1) is 12.5. The summed E-state index contributed by atoms with van der Waals surface area (Å²) in [6.45, 7) is 0.495. The number of halogens is 1. The summed E-state index contributed by atoms with van der Waals surface area (Å²) in [5.74, 6) is 1.02. The first kappa shape index (κ1) is 17.2. The lowest BCUT2D eigenvalue weighted by Gasteiger charge is -2.14. The molecule has 0 amide bonds. The van der Waals surface area contributed by atoms with Crippen LogP contribution in [0.3, 0.4) is 0 Å². The van der Waals surface area contributed by atoms with Crippen LogP contribution in [0.2, 0.25) is 5.02 Å². The predicted molar refractivity (Wildman–Crippen MR) is 101 cm³/mol. The van der Waals surface area contributed by atoms with E-state index in [1.807, 2.05) is 0 Å². The molecule has 1 aliphatic rings. The maximum absolute atomic E-state index is 12.9. The Labute approximate surface area is 156 Å². The number of aromatic nitrogens is 2. The van der Waals surface area contributed by atoms with Gasteiger partial charge in [-0.1, -0.05) is 24.4 Å². The number of rotatable bonds is 7. The minimum Gasteiger partial charge on any atom is -0.492 e. The smallest absolute Gasteiger partial charge is 0.265 e. The van der Waals surface area contributed by atoms with E-state index in [4.69, 9.17) is 16.3 Å². The summed E-state index contributed by atoms with van der Waals surface area (Å²) >= 11 is 6.02. The molecule has 0 saturated heterocycles. The van der Waals surface area contributed by atoms with E-state index in [0.717, 1.165) is 17.3 Å². The molecular weight excluding hydrogens is 374 g/mol. The number of nitrogens with zero attached hydrogens (tertiary/aromatic N) is 1. The fraction of sp³-hybridized carbons (Fsp3) is 0.278. The summed E-state index contributed by atoms with van der Waals surface area (Å²) in [5, 5.41) is 8.00. The largest absolute Gasteiger partial charge is 0.492 e. The number of aromatic amines is 1. The van der Waals surface area contributed by atoms with Crippen LogP contribution in [-0.4, -0.2) is 25.2 Å². The zero-order valence-electron chi connectivity index (χ0n) is 13.9. The predicted octanol–water partition coefficient (Wildman–Crippen LogP) is 4.20. The van der Waals surface area contributed by atoms with Gasteiger partial charge < -0.3 is 4.74 Å². The average molecular weight is 392 g/mol. The topological polar surface area (TPSA) is 84.1 Å². The Bertz CT molecular complexity index is 1040. The molecule has 2 N–H and O–H groups in total. The molecule has 1 heterocycles. The van der Waals surface area contributed by atoms with Crippen LogP contribution in [0.4, 0.5) is 5.69 Å². The highest BCUT2D eigenvalue weighted by Crippen LogP contribution is 2.34. The van der Waals surface area contributed by atoms with Crippen LogP contribution in [0.5, 0.6) is 5.75 Å². The summed E-state index contributed by atoms with van der Waals surface area (Å²) in [7, 11) is -3.85.